The van der Waals surface area contributed by atoms with Crippen molar-refractivity contribution in [3.63, 3.8) is 0 Å². The number of nitrogen functional groups attached to an aromatic ring is 1. The lowest BCUT2D eigenvalue weighted by Gasteiger charge is -2.23. The summed E-state index contributed by atoms with van der Waals surface area (Å²) in [7, 11) is 1.54. The van der Waals surface area contributed by atoms with E-state index >= 15 is 0 Å². The molecular formula is C15H24N8O7. The van der Waals surface area contributed by atoms with Gasteiger partial charge in [0.05, 0.1) is 12.7 Å². The van der Waals surface area contributed by atoms with E-state index in [0.29, 0.717) is 0 Å². The number of guanidine groups is 1. The minimum atomic E-state index is -1.72. The molecule has 0 radical (unpaired) electrons. The number of carboxylic acid groups (broad SMARTS) is 2. The molecule has 0 spiro atoms. The molecule has 15 heteroatoms. The van der Waals surface area contributed by atoms with Gasteiger partial charge in [0, 0.05) is 7.05 Å². The predicted molar refractivity (Wildman–Crippen MR) is 104 cm³/mol. The van der Waals surface area contributed by atoms with Gasteiger partial charge in [-0.1, -0.05) is 0 Å². The fraction of sp³-hybridized carbons (Fsp3) is 0.467. The van der Waals surface area contributed by atoms with E-state index in [1.807, 2.05) is 0 Å². The number of anilines is 2. The second-order valence-corrected chi connectivity index (χ2v) is 6.81. The number of carbonyl (C=O) groups excluding carboxylic acids is 2. The van der Waals surface area contributed by atoms with Gasteiger partial charge in [0.25, 0.3) is 0 Å². The molecule has 0 aliphatic heterocycles. The Morgan fingerprint density at radius 3 is 2.40 bits per heavy atom. The number of carbonyl (C=O) groups is 4. The molecule has 0 aromatic carbocycles. The van der Waals surface area contributed by atoms with Gasteiger partial charge in [-0.25, -0.2) is 14.4 Å². The van der Waals surface area contributed by atoms with Crippen molar-refractivity contribution in [3.05, 3.63) is 6.20 Å². The minimum absolute atomic E-state index is 0.130. The van der Waals surface area contributed by atoms with Crippen LogP contribution in [0.25, 0.3) is 0 Å². The van der Waals surface area contributed by atoms with Crippen molar-refractivity contribution in [2.45, 2.75) is 32.4 Å². The number of aromatic nitrogens is 2. The summed E-state index contributed by atoms with van der Waals surface area (Å²) in [5.74, 6) is -1.42. The molecule has 0 fully saturated rings. The Bertz CT molecular complexity index is 843. The molecule has 1 rings (SSSR count). The Kier molecular flexibility index (Phi) is 7.95. The summed E-state index contributed by atoms with van der Waals surface area (Å²) in [5, 5.41) is 30.3. The Morgan fingerprint density at radius 1 is 1.30 bits per heavy atom. The van der Waals surface area contributed by atoms with Gasteiger partial charge < -0.3 is 36.6 Å². The number of ether oxygens (including phenoxy) is 1. The minimum Gasteiger partial charge on any atom is -0.465 e. The largest absolute Gasteiger partial charge is 0.465 e. The number of nitrogens with one attached hydrogen (secondary N) is 4. The SMILES string of the molecule is Cn1ncc(NC(=O)[C@H](CNC(=O)OC(C)(C)C)NC(=NC(=O)O)NC(=O)O)c1N. The van der Waals surface area contributed by atoms with Crippen LogP contribution in [-0.4, -0.2) is 68.3 Å². The van der Waals surface area contributed by atoms with Crippen molar-refractivity contribution in [2.75, 3.05) is 17.6 Å². The molecule has 0 bridgehead atoms. The molecule has 0 unspecified atom stereocenters. The van der Waals surface area contributed by atoms with Crippen LogP contribution in [-0.2, 0) is 16.6 Å². The molecule has 1 atom stereocenters. The van der Waals surface area contributed by atoms with E-state index in [2.05, 4.69) is 26.0 Å². The van der Waals surface area contributed by atoms with Crippen molar-refractivity contribution in [2.24, 2.45) is 12.0 Å². The van der Waals surface area contributed by atoms with Crippen molar-refractivity contribution >= 4 is 41.7 Å². The molecule has 0 aliphatic carbocycles. The third-order valence-electron chi connectivity index (χ3n) is 3.15. The van der Waals surface area contributed by atoms with Gasteiger partial charge in [0.15, 0.2) is 0 Å². The van der Waals surface area contributed by atoms with Gasteiger partial charge in [0.2, 0.25) is 11.9 Å². The summed E-state index contributed by atoms with van der Waals surface area (Å²) in [5.41, 5.74) is 5.10. The fourth-order valence-corrected chi connectivity index (χ4v) is 1.93. The maximum Gasteiger partial charge on any atom is 0.434 e. The zero-order valence-corrected chi connectivity index (χ0v) is 16.7. The molecule has 1 aromatic rings. The molecule has 4 amide bonds. The Balaban J connectivity index is 3.02. The van der Waals surface area contributed by atoms with Crippen LogP contribution in [0.2, 0.25) is 0 Å². The number of nitrogens with zero attached hydrogens (tertiary/aromatic N) is 3. The van der Waals surface area contributed by atoms with Crippen LogP contribution in [0.4, 0.5) is 25.9 Å². The van der Waals surface area contributed by atoms with Crippen LogP contribution in [0.5, 0.6) is 0 Å². The van der Waals surface area contributed by atoms with E-state index in [-0.39, 0.29) is 11.5 Å². The Hall–Kier alpha value is -4.04. The van der Waals surface area contributed by atoms with Crippen molar-refractivity contribution < 1.29 is 34.1 Å². The van der Waals surface area contributed by atoms with E-state index in [4.69, 9.17) is 20.7 Å². The van der Waals surface area contributed by atoms with Crippen LogP contribution < -0.4 is 27.0 Å². The highest BCUT2D eigenvalue weighted by Gasteiger charge is 2.25. The highest BCUT2D eigenvalue weighted by Crippen LogP contribution is 2.16. The zero-order valence-electron chi connectivity index (χ0n) is 16.7. The molecule has 1 heterocycles. The second-order valence-electron chi connectivity index (χ2n) is 6.81. The van der Waals surface area contributed by atoms with Gasteiger partial charge in [-0.15, -0.1) is 4.99 Å². The first kappa shape index (κ1) is 24.0. The van der Waals surface area contributed by atoms with E-state index in [0.717, 1.165) is 0 Å². The van der Waals surface area contributed by atoms with Crippen molar-refractivity contribution in [1.29, 1.82) is 0 Å². The summed E-state index contributed by atoms with van der Waals surface area (Å²) in [4.78, 5) is 49.2. The lowest BCUT2D eigenvalue weighted by Crippen LogP contribution is -2.55. The van der Waals surface area contributed by atoms with Gasteiger partial charge in [-0.05, 0) is 20.8 Å². The first-order valence-corrected chi connectivity index (χ1v) is 8.41. The first-order valence-electron chi connectivity index (χ1n) is 8.41. The summed E-state index contributed by atoms with van der Waals surface area (Å²) in [6.45, 7) is 4.48. The first-order chi connectivity index (χ1) is 13.8. The van der Waals surface area contributed by atoms with E-state index in [9.17, 15) is 19.2 Å². The molecule has 1 aromatic heterocycles. The highest BCUT2D eigenvalue weighted by molar-refractivity contribution is 6.03. The van der Waals surface area contributed by atoms with E-state index in [1.54, 1.807) is 33.1 Å². The molecule has 8 N–H and O–H groups in total. The monoisotopic (exact) mass is 428 g/mol. The standard InChI is InChI=1S/C15H24N8O7/c1-15(2,3)30-14(29)17-5-8(20-11(21-12(25)26)22-13(27)28)10(24)19-7-6-18-23(4)9(7)16/h6,8H,5,16H2,1-4H3,(H,17,29)(H,19,24)(H,25,26)(H,27,28)(H2,20,21,22)/t8-/m0/s1. The predicted octanol–water partition coefficient (Wildman–Crippen LogP) is -0.275. The summed E-state index contributed by atoms with van der Waals surface area (Å²) < 4.78 is 6.36. The number of hydrogen-bond acceptors (Lipinski definition) is 7. The highest BCUT2D eigenvalue weighted by atomic mass is 16.6. The van der Waals surface area contributed by atoms with Crippen LogP contribution in [0.15, 0.2) is 11.2 Å². The average Bonchev–Trinajstić information content (AvgIpc) is 2.87. The topological polar surface area (TPSA) is 222 Å². The van der Waals surface area contributed by atoms with E-state index < -0.39 is 48.3 Å². The normalized spacial score (nSPS) is 12.5. The molecule has 30 heavy (non-hydrogen) atoms. The maximum atomic E-state index is 12.6. The Labute approximate surface area is 170 Å². The van der Waals surface area contributed by atoms with Crippen molar-refractivity contribution in [3.8, 4) is 0 Å². The number of rotatable bonds is 5. The lowest BCUT2D eigenvalue weighted by atomic mass is 10.2. The van der Waals surface area contributed by atoms with Gasteiger partial charge in [-0.3, -0.25) is 14.8 Å². The van der Waals surface area contributed by atoms with Gasteiger partial charge >= 0.3 is 18.3 Å². The Morgan fingerprint density at radius 2 is 1.93 bits per heavy atom. The van der Waals surface area contributed by atoms with Crippen LogP contribution >= 0.6 is 0 Å². The smallest absolute Gasteiger partial charge is 0.434 e. The number of aliphatic imine (C=N–C) groups is 1. The summed E-state index contributed by atoms with van der Waals surface area (Å²) in [6, 6.07) is -1.37. The quantitative estimate of drug-likeness (QED) is 0.240. The van der Waals surface area contributed by atoms with Gasteiger partial charge in [-0.2, -0.15) is 5.10 Å². The van der Waals surface area contributed by atoms with Crippen LogP contribution in [0.3, 0.4) is 0 Å². The zero-order chi connectivity index (χ0) is 23.1. The average molecular weight is 428 g/mol. The second kappa shape index (κ2) is 9.94. The number of alkyl carbamates (subject to hydrolysis) is 1. The molecule has 15 nitrogen and oxygen atoms in total. The lowest BCUT2D eigenvalue weighted by molar-refractivity contribution is -0.117. The molecule has 0 aliphatic rings. The third-order valence-corrected chi connectivity index (χ3v) is 3.15. The molecule has 166 valence electrons. The van der Waals surface area contributed by atoms with Crippen LogP contribution in [0, 0.1) is 0 Å². The van der Waals surface area contributed by atoms with Crippen molar-refractivity contribution in [1.82, 2.24) is 25.7 Å². The number of aryl methyl sites for hydroxylation is 1. The molecule has 0 saturated carbocycles. The maximum absolute atomic E-state index is 12.6. The van der Waals surface area contributed by atoms with Gasteiger partial charge in [0.1, 0.15) is 23.1 Å². The number of amides is 4. The van der Waals surface area contributed by atoms with E-state index in [1.165, 1.54) is 10.9 Å². The number of nitrogens with two attached hydrogens (primary N) is 1. The summed E-state index contributed by atoms with van der Waals surface area (Å²) in [6.07, 6.45) is -2.93. The third kappa shape index (κ3) is 8.32. The van der Waals surface area contributed by atoms with Crippen LogP contribution in [0.1, 0.15) is 20.8 Å². The number of hydrogen-bond donors (Lipinski definition) is 7. The fourth-order valence-electron chi connectivity index (χ4n) is 1.93. The molecular weight excluding hydrogens is 404 g/mol. The summed E-state index contributed by atoms with van der Waals surface area (Å²) >= 11 is 0. The molecule has 0 saturated heterocycles.